The van der Waals surface area contributed by atoms with Crippen molar-refractivity contribution in [2.75, 3.05) is 33.9 Å². The van der Waals surface area contributed by atoms with Crippen molar-refractivity contribution in [2.45, 2.75) is 31.8 Å². The van der Waals surface area contributed by atoms with Gasteiger partial charge in [-0.15, -0.1) is 0 Å². The van der Waals surface area contributed by atoms with E-state index in [9.17, 15) is 0 Å². The molecule has 4 atom stereocenters. The van der Waals surface area contributed by atoms with Crippen LogP contribution in [0.15, 0.2) is 18.2 Å². The third-order valence-corrected chi connectivity index (χ3v) is 5.00. The zero-order valence-corrected chi connectivity index (χ0v) is 13.3. The molecule has 0 amide bonds. The Morgan fingerprint density at radius 2 is 2.00 bits per heavy atom. The lowest BCUT2D eigenvalue weighted by Crippen LogP contribution is -2.44. The summed E-state index contributed by atoms with van der Waals surface area (Å²) in [5.74, 6) is 2.62. The van der Waals surface area contributed by atoms with E-state index >= 15 is 0 Å². The summed E-state index contributed by atoms with van der Waals surface area (Å²) in [5, 5.41) is 3.83. The highest BCUT2D eigenvalue weighted by atomic mass is 16.5. The van der Waals surface area contributed by atoms with E-state index in [1.165, 1.54) is 38.0 Å². The molecule has 116 valence electrons. The number of hydrogen-bond acceptors (Lipinski definition) is 4. The maximum atomic E-state index is 5.51. The molecular formula is C17H26N2O2. The first kappa shape index (κ1) is 14.7. The largest absolute Gasteiger partial charge is 0.497 e. The van der Waals surface area contributed by atoms with Crippen LogP contribution in [0.5, 0.6) is 11.5 Å². The topological polar surface area (TPSA) is 33.7 Å². The first-order valence-corrected chi connectivity index (χ1v) is 7.91. The van der Waals surface area contributed by atoms with E-state index in [0.29, 0.717) is 6.04 Å². The minimum absolute atomic E-state index is 0.271. The number of rotatable bonds is 5. The highest BCUT2D eigenvalue weighted by Gasteiger charge is 2.34. The SMILES string of the molecule is COc1ccc(OC)c(C(C)NC2CCN3CCC2C3)c1. The summed E-state index contributed by atoms with van der Waals surface area (Å²) in [6, 6.07) is 6.91. The molecule has 1 aromatic rings. The number of fused-ring (bicyclic) bond motifs is 2. The van der Waals surface area contributed by atoms with E-state index in [1.54, 1.807) is 14.2 Å². The lowest BCUT2D eigenvalue weighted by Gasteiger charge is -2.33. The second-order valence-electron chi connectivity index (χ2n) is 6.24. The molecule has 2 heterocycles. The molecule has 3 rings (SSSR count). The second kappa shape index (κ2) is 6.24. The summed E-state index contributed by atoms with van der Waals surface area (Å²) in [7, 11) is 3.44. The predicted octanol–water partition coefficient (Wildman–Crippen LogP) is 2.45. The molecule has 0 saturated carbocycles. The van der Waals surface area contributed by atoms with E-state index in [2.05, 4.69) is 23.2 Å². The molecule has 0 spiro atoms. The van der Waals surface area contributed by atoms with Crippen LogP contribution in [-0.4, -0.2) is 44.8 Å². The van der Waals surface area contributed by atoms with E-state index in [-0.39, 0.29) is 6.04 Å². The fourth-order valence-electron chi connectivity index (χ4n) is 3.76. The van der Waals surface area contributed by atoms with Gasteiger partial charge in [-0.2, -0.15) is 0 Å². The third-order valence-electron chi connectivity index (χ3n) is 5.00. The summed E-state index contributed by atoms with van der Waals surface area (Å²) in [6.07, 6.45) is 2.58. The van der Waals surface area contributed by atoms with Crippen molar-refractivity contribution in [1.82, 2.24) is 10.2 Å². The molecule has 2 bridgehead atoms. The van der Waals surface area contributed by atoms with Crippen LogP contribution < -0.4 is 14.8 Å². The minimum atomic E-state index is 0.271. The highest BCUT2D eigenvalue weighted by molar-refractivity contribution is 5.42. The van der Waals surface area contributed by atoms with Crippen LogP contribution in [0, 0.1) is 5.92 Å². The van der Waals surface area contributed by atoms with Crippen molar-refractivity contribution in [2.24, 2.45) is 5.92 Å². The fourth-order valence-corrected chi connectivity index (χ4v) is 3.76. The molecule has 0 radical (unpaired) electrons. The van der Waals surface area contributed by atoms with Gasteiger partial charge in [0.05, 0.1) is 14.2 Å². The van der Waals surface area contributed by atoms with Crippen molar-refractivity contribution < 1.29 is 9.47 Å². The smallest absolute Gasteiger partial charge is 0.123 e. The third kappa shape index (κ3) is 3.01. The van der Waals surface area contributed by atoms with Gasteiger partial charge in [0.2, 0.25) is 0 Å². The lowest BCUT2D eigenvalue weighted by atomic mass is 9.92. The van der Waals surface area contributed by atoms with Gasteiger partial charge in [0.25, 0.3) is 0 Å². The fraction of sp³-hybridized carbons (Fsp3) is 0.647. The summed E-state index contributed by atoms with van der Waals surface area (Å²) in [4.78, 5) is 2.58. The average molecular weight is 290 g/mol. The van der Waals surface area contributed by atoms with Crippen LogP contribution in [0.3, 0.4) is 0 Å². The Labute approximate surface area is 127 Å². The van der Waals surface area contributed by atoms with E-state index in [0.717, 1.165) is 17.4 Å². The van der Waals surface area contributed by atoms with Gasteiger partial charge in [0.1, 0.15) is 11.5 Å². The number of hydrogen-bond donors (Lipinski definition) is 1. The molecule has 2 saturated heterocycles. The Bertz CT molecular complexity index is 492. The van der Waals surface area contributed by atoms with Crippen LogP contribution in [0.2, 0.25) is 0 Å². The van der Waals surface area contributed by atoms with Crippen molar-refractivity contribution in [1.29, 1.82) is 0 Å². The molecule has 2 fully saturated rings. The number of ether oxygens (including phenoxy) is 2. The van der Waals surface area contributed by atoms with E-state index in [4.69, 9.17) is 9.47 Å². The number of methoxy groups -OCH3 is 2. The Balaban J connectivity index is 1.73. The number of nitrogens with zero attached hydrogens (tertiary/aromatic N) is 1. The summed E-state index contributed by atoms with van der Waals surface area (Å²) in [5.41, 5.74) is 1.18. The molecule has 4 unspecified atom stereocenters. The summed E-state index contributed by atoms with van der Waals surface area (Å²) >= 11 is 0. The van der Waals surface area contributed by atoms with Gasteiger partial charge in [-0.3, -0.25) is 0 Å². The van der Waals surface area contributed by atoms with Crippen molar-refractivity contribution in [3.05, 3.63) is 23.8 Å². The molecule has 21 heavy (non-hydrogen) atoms. The van der Waals surface area contributed by atoms with Gasteiger partial charge in [0, 0.05) is 24.2 Å². The van der Waals surface area contributed by atoms with Crippen LogP contribution in [-0.2, 0) is 0 Å². The standard InChI is InChI=1S/C17H26N2O2/c1-12(15-10-14(20-2)4-5-17(15)21-3)18-16-7-9-19-8-6-13(16)11-19/h4-5,10,12-13,16,18H,6-9,11H2,1-3H3. The van der Waals surface area contributed by atoms with Gasteiger partial charge < -0.3 is 19.7 Å². The normalized spacial score (nSPS) is 29.2. The number of nitrogens with one attached hydrogen (secondary N) is 1. The monoisotopic (exact) mass is 290 g/mol. The zero-order chi connectivity index (χ0) is 14.8. The maximum Gasteiger partial charge on any atom is 0.123 e. The van der Waals surface area contributed by atoms with Crippen LogP contribution >= 0.6 is 0 Å². The zero-order valence-electron chi connectivity index (χ0n) is 13.3. The molecule has 0 aliphatic carbocycles. The molecule has 4 nitrogen and oxygen atoms in total. The lowest BCUT2D eigenvalue weighted by molar-refractivity contribution is 0.211. The molecule has 0 aromatic heterocycles. The minimum Gasteiger partial charge on any atom is -0.497 e. The number of benzene rings is 1. The van der Waals surface area contributed by atoms with Gasteiger partial charge in [-0.05, 0) is 57.0 Å². The van der Waals surface area contributed by atoms with Gasteiger partial charge in [-0.1, -0.05) is 0 Å². The Morgan fingerprint density at radius 3 is 2.76 bits per heavy atom. The summed E-state index contributed by atoms with van der Waals surface area (Å²) in [6.45, 7) is 5.99. The van der Waals surface area contributed by atoms with Crippen LogP contribution in [0.4, 0.5) is 0 Å². The highest BCUT2D eigenvalue weighted by Crippen LogP contribution is 2.32. The van der Waals surface area contributed by atoms with Gasteiger partial charge in [-0.25, -0.2) is 0 Å². The molecule has 2 aliphatic heterocycles. The quantitative estimate of drug-likeness (QED) is 0.903. The second-order valence-corrected chi connectivity index (χ2v) is 6.24. The van der Waals surface area contributed by atoms with Crippen molar-refractivity contribution >= 4 is 0 Å². The van der Waals surface area contributed by atoms with Crippen molar-refractivity contribution in [3.8, 4) is 11.5 Å². The molecule has 4 heteroatoms. The molecule has 1 N–H and O–H groups in total. The van der Waals surface area contributed by atoms with E-state index in [1.807, 2.05) is 12.1 Å². The Morgan fingerprint density at radius 1 is 1.19 bits per heavy atom. The first-order chi connectivity index (χ1) is 10.2. The molecular weight excluding hydrogens is 264 g/mol. The van der Waals surface area contributed by atoms with E-state index < -0.39 is 0 Å². The van der Waals surface area contributed by atoms with Crippen LogP contribution in [0.25, 0.3) is 0 Å². The molecule has 1 aromatic carbocycles. The number of piperidine rings is 1. The van der Waals surface area contributed by atoms with Crippen LogP contribution in [0.1, 0.15) is 31.4 Å². The predicted molar refractivity (Wildman–Crippen MR) is 84.0 cm³/mol. The Kier molecular flexibility index (Phi) is 4.36. The summed E-state index contributed by atoms with van der Waals surface area (Å²) < 4.78 is 10.9. The Hall–Kier alpha value is -1.26. The van der Waals surface area contributed by atoms with Gasteiger partial charge in [0.15, 0.2) is 0 Å². The first-order valence-electron chi connectivity index (χ1n) is 7.91. The maximum absolute atomic E-state index is 5.51. The van der Waals surface area contributed by atoms with Crippen molar-refractivity contribution in [3.63, 3.8) is 0 Å². The molecule has 2 aliphatic rings. The average Bonchev–Trinajstić information content (AvgIpc) is 2.92. The van der Waals surface area contributed by atoms with Gasteiger partial charge >= 0.3 is 0 Å².